The maximum absolute atomic E-state index is 11.7. The van der Waals surface area contributed by atoms with E-state index in [0.717, 1.165) is 0 Å². The first-order valence-electron chi connectivity index (χ1n) is 7.66. The number of aromatic carboxylic acids is 1. The van der Waals surface area contributed by atoms with Crippen molar-refractivity contribution in [1.82, 2.24) is 15.2 Å². The van der Waals surface area contributed by atoms with Gasteiger partial charge in [-0.3, -0.25) is 9.59 Å². The van der Waals surface area contributed by atoms with Crippen molar-refractivity contribution < 1.29 is 24.1 Å². The normalized spacial score (nSPS) is 9.60. The first-order chi connectivity index (χ1) is 11.9. The number of imidazole rings is 1. The summed E-state index contributed by atoms with van der Waals surface area (Å²) in [5, 5.41) is 15.2. The molecule has 2 rings (SSSR count). The molecule has 25 heavy (non-hydrogen) atoms. The lowest BCUT2D eigenvalue weighted by atomic mass is 10.2. The van der Waals surface area contributed by atoms with Crippen LogP contribution in [0.3, 0.4) is 0 Å². The highest BCUT2D eigenvalue weighted by atomic mass is 16.4. The maximum Gasteiger partial charge on any atom is 0.295 e. The molecule has 0 spiro atoms. The van der Waals surface area contributed by atoms with E-state index in [-0.39, 0.29) is 17.4 Å². The zero-order chi connectivity index (χ0) is 19.0. The van der Waals surface area contributed by atoms with Crippen molar-refractivity contribution in [3.8, 4) is 0 Å². The van der Waals surface area contributed by atoms with E-state index in [4.69, 9.17) is 0 Å². The number of aromatic nitrogens is 2. The van der Waals surface area contributed by atoms with E-state index in [1.807, 2.05) is 6.92 Å². The molecule has 1 aromatic heterocycles. The van der Waals surface area contributed by atoms with Gasteiger partial charge in [0, 0.05) is 14.1 Å². The molecule has 0 radical (unpaired) electrons. The molecule has 0 aliphatic rings. The third kappa shape index (κ3) is 4.90. The molecule has 2 N–H and O–H groups in total. The highest BCUT2D eigenvalue weighted by Gasteiger charge is 2.30. The van der Waals surface area contributed by atoms with Crippen LogP contribution in [-0.2, 0) is 13.6 Å². The summed E-state index contributed by atoms with van der Waals surface area (Å²) in [6, 6.07) is 8.06. The number of benzene rings is 1. The summed E-state index contributed by atoms with van der Waals surface area (Å²) >= 11 is 0. The van der Waals surface area contributed by atoms with Crippen molar-refractivity contribution in [2.45, 2.75) is 13.5 Å². The van der Waals surface area contributed by atoms with Crippen LogP contribution in [0.5, 0.6) is 0 Å². The van der Waals surface area contributed by atoms with Gasteiger partial charge in [-0.25, -0.2) is 9.13 Å². The van der Waals surface area contributed by atoms with Crippen LogP contribution in [0.1, 0.15) is 38.3 Å². The number of carboxylic acids is 1. The van der Waals surface area contributed by atoms with Crippen molar-refractivity contribution in [3.05, 3.63) is 53.6 Å². The smallest absolute Gasteiger partial charge is 0.295 e. The minimum absolute atomic E-state index is 0.220. The van der Waals surface area contributed by atoms with Crippen molar-refractivity contribution >= 4 is 17.8 Å². The Morgan fingerprint density at radius 3 is 2.04 bits per heavy atom. The van der Waals surface area contributed by atoms with Gasteiger partial charge in [0.2, 0.25) is 17.7 Å². The minimum atomic E-state index is -1.13. The number of aryl methyl sites for hydroxylation is 2. The first-order valence-corrected chi connectivity index (χ1v) is 7.66. The van der Waals surface area contributed by atoms with Gasteiger partial charge in [-0.15, -0.1) is 0 Å². The second-order valence-electron chi connectivity index (χ2n) is 5.02. The number of nitrogens with zero attached hydrogens (tertiary/aromatic N) is 2. The monoisotopic (exact) mass is 346 g/mol. The van der Waals surface area contributed by atoms with Gasteiger partial charge in [-0.2, -0.15) is 0 Å². The summed E-state index contributed by atoms with van der Waals surface area (Å²) in [6.07, 6.45) is 1.73. The summed E-state index contributed by atoms with van der Waals surface area (Å²) < 4.78 is 3.39. The Morgan fingerprint density at radius 1 is 1.08 bits per heavy atom. The molecule has 8 heteroatoms. The number of hydrogen-bond donors (Lipinski definition) is 2. The Morgan fingerprint density at radius 2 is 1.64 bits per heavy atom. The number of hydrogen-bond acceptors (Lipinski definition) is 4. The fourth-order valence-electron chi connectivity index (χ4n) is 2.18. The standard InChI is InChI=1S/C10H16N4O2.C7H6O2/c1-5-14-6-13(4)7(9(15)11-2)8(14)10(16)12-3;8-7(9)6-4-2-1-3-5-6/h6H,5H2,1-4H3,(H-,11,12,15,16);1-5H,(H,8,9). The van der Waals surface area contributed by atoms with Crippen LogP contribution in [0.4, 0.5) is 0 Å². The topological polar surface area (TPSA) is 107 Å². The van der Waals surface area contributed by atoms with Gasteiger partial charge >= 0.3 is 0 Å². The second-order valence-corrected chi connectivity index (χ2v) is 5.02. The highest BCUT2D eigenvalue weighted by molar-refractivity contribution is 6.03. The molecule has 0 aliphatic heterocycles. The van der Waals surface area contributed by atoms with Gasteiger partial charge in [0.1, 0.15) is 0 Å². The number of rotatable bonds is 4. The molecular formula is C17H22N4O4. The number of carbonyl (C=O) groups excluding carboxylic acids is 3. The van der Waals surface area contributed by atoms with Crippen LogP contribution in [-0.4, -0.2) is 36.4 Å². The van der Waals surface area contributed by atoms with Crippen LogP contribution in [0.15, 0.2) is 36.7 Å². The van der Waals surface area contributed by atoms with Gasteiger partial charge in [0.15, 0.2) is 0 Å². The number of amides is 2. The zero-order valence-corrected chi connectivity index (χ0v) is 14.7. The van der Waals surface area contributed by atoms with Crippen LogP contribution in [0.25, 0.3) is 0 Å². The summed E-state index contributed by atoms with van der Waals surface area (Å²) in [6.45, 7) is 2.55. The Bertz CT molecular complexity index is 754. The molecule has 0 saturated heterocycles. The third-order valence-electron chi connectivity index (χ3n) is 3.41. The Kier molecular flexibility index (Phi) is 7.33. The molecule has 2 amide bonds. The van der Waals surface area contributed by atoms with Crippen LogP contribution in [0.2, 0.25) is 0 Å². The first kappa shape index (κ1) is 19.9. The maximum atomic E-state index is 11.7. The Balaban J connectivity index is 0.000000293. The Labute approximate surface area is 146 Å². The highest BCUT2D eigenvalue weighted by Crippen LogP contribution is 2.05. The molecule has 1 heterocycles. The molecular weight excluding hydrogens is 324 g/mol. The van der Waals surface area contributed by atoms with Crippen LogP contribution in [0, 0.1) is 0 Å². The average Bonchev–Trinajstić information content (AvgIpc) is 2.98. The van der Waals surface area contributed by atoms with Gasteiger partial charge < -0.3 is 20.5 Å². The van der Waals surface area contributed by atoms with Gasteiger partial charge in [0.25, 0.3) is 11.8 Å². The summed E-state index contributed by atoms with van der Waals surface area (Å²) in [5.74, 6) is -1.66. The molecule has 134 valence electrons. The molecule has 2 aromatic rings. The van der Waals surface area contributed by atoms with E-state index in [9.17, 15) is 19.5 Å². The summed E-state index contributed by atoms with van der Waals surface area (Å²) in [7, 11) is 4.82. The van der Waals surface area contributed by atoms with Gasteiger partial charge in [0.05, 0.1) is 19.6 Å². The third-order valence-corrected chi connectivity index (χ3v) is 3.41. The van der Waals surface area contributed by atoms with Gasteiger partial charge in [-0.1, -0.05) is 30.3 Å². The summed E-state index contributed by atoms with van der Waals surface area (Å²) in [5.41, 5.74) is 0.966. The number of nitrogens with one attached hydrogen (secondary N) is 2. The zero-order valence-electron chi connectivity index (χ0n) is 14.7. The van der Waals surface area contributed by atoms with Crippen molar-refractivity contribution in [1.29, 1.82) is 0 Å². The van der Waals surface area contributed by atoms with Crippen LogP contribution < -0.4 is 20.3 Å². The fourth-order valence-corrected chi connectivity index (χ4v) is 2.18. The molecule has 0 aliphatic carbocycles. The van der Waals surface area contributed by atoms with E-state index >= 15 is 0 Å². The SMILES string of the molecule is CCn1c[n+](C)c(C(=O)NC)c1C(=O)NC.O=C([O-])c1ccccc1. The molecule has 0 fully saturated rings. The Hall–Kier alpha value is -3.16. The lowest BCUT2D eigenvalue weighted by Crippen LogP contribution is -2.39. The molecule has 1 aromatic carbocycles. The van der Waals surface area contributed by atoms with Crippen molar-refractivity contribution in [2.75, 3.05) is 14.1 Å². The van der Waals surface area contributed by atoms with Crippen LogP contribution >= 0.6 is 0 Å². The fraction of sp³-hybridized carbons (Fsp3) is 0.294. The molecule has 0 bridgehead atoms. The predicted molar refractivity (Wildman–Crippen MR) is 88.8 cm³/mol. The molecule has 8 nitrogen and oxygen atoms in total. The van der Waals surface area contributed by atoms with E-state index in [1.165, 1.54) is 12.1 Å². The van der Waals surface area contributed by atoms with E-state index in [2.05, 4.69) is 10.6 Å². The van der Waals surface area contributed by atoms with Crippen molar-refractivity contribution in [2.24, 2.45) is 7.05 Å². The number of carbonyl (C=O) groups is 3. The largest absolute Gasteiger partial charge is 0.545 e. The lowest BCUT2D eigenvalue weighted by Gasteiger charge is -2.00. The lowest BCUT2D eigenvalue weighted by molar-refractivity contribution is -0.673. The summed E-state index contributed by atoms with van der Waals surface area (Å²) in [4.78, 5) is 33.5. The molecule has 0 unspecified atom stereocenters. The van der Waals surface area contributed by atoms with E-state index < -0.39 is 5.97 Å². The average molecular weight is 346 g/mol. The minimum Gasteiger partial charge on any atom is -0.545 e. The number of carboxylic acid groups (broad SMARTS) is 1. The quantitative estimate of drug-likeness (QED) is 0.700. The molecule has 0 saturated carbocycles. The van der Waals surface area contributed by atoms with E-state index in [0.29, 0.717) is 17.9 Å². The second kappa shape index (κ2) is 9.21. The molecule has 0 atom stereocenters. The predicted octanol–water partition coefficient (Wildman–Crippen LogP) is -0.898. The van der Waals surface area contributed by atoms with E-state index in [1.54, 1.807) is 54.8 Å². The van der Waals surface area contributed by atoms with Crippen molar-refractivity contribution in [3.63, 3.8) is 0 Å². The van der Waals surface area contributed by atoms with Gasteiger partial charge in [-0.05, 0) is 12.5 Å².